The molecule has 6 nitrogen and oxygen atoms in total. The average Bonchev–Trinajstić information content (AvgIpc) is 2.37. The van der Waals surface area contributed by atoms with Crippen molar-refractivity contribution in [3.8, 4) is 0 Å². The van der Waals surface area contributed by atoms with Crippen LogP contribution in [0, 0.1) is 0 Å². The highest BCUT2D eigenvalue weighted by molar-refractivity contribution is 7.89. The Kier molecular flexibility index (Phi) is 3.50. The molecule has 100 valence electrons. The lowest BCUT2D eigenvalue weighted by atomic mass is 10.2. The molecule has 0 aliphatic rings. The second-order valence-electron chi connectivity index (χ2n) is 4.03. The van der Waals surface area contributed by atoms with Gasteiger partial charge in [0.25, 0.3) is 0 Å². The van der Waals surface area contributed by atoms with Crippen LogP contribution in [0.3, 0.4) is 0 Å². The van der Waals surface area contributed by atoms with Gasteiger partial charge in [-0.1, -0.05) is 12.1 Å². The Morgan fingerprint density at radius 1 is 1.37 bits per heavy atom. The summed E-state index contributed by atoms with van der Waals surface area (Å²) in [6, 6.07) is 5.14. The molecule has 2 aromatic rings. The molecule has 1 atom stereocenters. The Morgan fingerprint density at radius 3 is 2.79 bits per heavy atom. The van der Waals surface area contributed by atoms with Crippen LogP contribution in [0.5, 0.6) is 0 Å². The van der Waals surface area contributed by atoms with Gasteiger partial charge in [0, 0.05) is 23.2 Å². The summed E-state index contributed by atoms with van der Waals surface area (Å²) in [7, 11) is -3.89. The van der Waals surface area contributed by atoms with Gasteiger partial charge in [-0.25, -0.2) is 8.42 Å². The number of pyridine rings is 1. The summed E-state index contributed by atoms with van der Waals surface area (Å²) < 4.78 is 26.4. The van der Waals surface area contributed by atoms with E-state index in [-0.39, 0.29) is 4.90 Å². The topological polar surface area (TPSA) is 96.4 Å². The number of nitrogens with zero attached hydrogens (tertiary/aromatic N) is 1. The van der Waals surface area contributed by atoms with Gasteiger partial charge >= 0.3 is 5.97 Å². The number of rotatable bonds is 4. The molecule has 0 saturated heterocycles. The first-order valence-electron chi connectivity index (χ1n) is 5.50. The minimum atomic E-state index is -3.89. The van der Waals surface area contributed by atoms with Crippen LogP contribution in [-0.4, -0.2) is 30.5 Å². The molecule has 0 amide bonds. The Hall–Kier alpha value is -1.99. The summed E-state index contributed by atoms with van der Waals surface area (Å²) in [5, 5.41) is 9.95. The van der Waals surface area contributed by atoms with Gasteiger partial charge in [-0.3, -0.25) is 9.78 Å². The number of carboxylic acid groups (broad SMARTS) is 1. The van der Waals surface area contributed by atoms with E-state index < -0.39 is 22.0 Å². The van der Waals surface area contributed by atoms with Gasteiger partial charge in [0.2, 0.25) is 10.0 Å². The second-order valence-corrected chi connectivity index (χ2v) is 5.72. The minimum absolute atomic E-state index is 0.0421. The van der Waals surface area contributed by atoms with Crippen LogP contribution >= 0.6 is 0 Å². The van der Waals surface area contributed by atoms with Gasteiger partial charge in [-0.2, -0.15) is 4.72 Å². The fourth-order valence-electron chi connectivity index (χ4n) is 1.67. The summed E-state index contributed by atoms with van der Waals surface area (Å²) in [4.78, 5) is 14.7. The largest absolute Gasteiger partial charge is 0.480 e. The predicted octanol–water partition coefficient (Wildman–Crippen LogP) is 0.986. The van der Waals surface area contributed by atoms with E-state index in [2.05, 4.69) is 9.71 Å². The van der Waals surface area contributed by atoms with Crippen molar-refractivity contribution < 1.29 is 18.3 Å². The number of benzene rings is 1. The van der Waals surface area contributed by atoms with Crippen molar-refractivity contribution in [2.24, 2.45) is 0 Å². The molecule has 0 unspecified atom stereocenters. The van der Waals surface area contributed by atoms with E-state index >= 15 is 0 Å². The summed E-state index contributed by atoms with van der Waals surface area (Å²) in [6.45, 7) is 1.27. The van der Waals surface area contributed by atoms with Gasteiger partial charge < -0.3 is 5.11 Å². The van der Waals surface area contributed by atoms with E-state index in [0.29, 0.717) is 10.8 Å². The van der Waals surface area contributed by atoms with Crippen LogP contribution in [0.1, 0.15) is 6.92 Å². The second kappa shape index (κ2) is 4.94. The van der Waals surface area contributed by atoms with Gasteiger partial charge in [0.15, 0.2) is 0 Å². The third-order valence-corrected chi connectivity index (χ3v) is 4.23. The van der Waals surface area contributed by atoms with E-state index in [0.717, 1.165) is 0 Å². The highest BCUT2D eigenvalue weighted by Gasteiger charge is 2.22. The molecule has 0 spiro atoms. The number of fused-ring (bicyclic) bond motifs is 1. The molecule has 0 saturated carbocycles. The fraction of sp³-hybridized carbons (Fsp3) is 0.167. The molecule has 2 rings (SSSR count). The number of aliphatic carboxylic acids is 1. The number of hydrogen-bond acceptors (Lipinski definition) is 4. The third kappa shape index (κ3) is 2.72. The van der Waals surface area contributed by atoms with Crippen molar-refractivity contribution in [2.75, 3.05) is 0 Å². The van der Waals surface area contributed by atoms with Crippen LogP contribution < -0.4 is 4.72 Å². The van der Waals surface area contributed by atoms with E-state index in [1.165, 1.54) is 19.2 Å². The van der Waals surface area contributed by atoms with Crippen LogP contribution in [0.2, 0.25) is 0 Å². The summed E-state index contributed by atoms with van der Waals surface area (Å²) in [6.07, 6.45) is 3.04. The summed E-state index contributed by atoms with van der Waals surface area (Å²) in [5.41, 5.74) is 0. The van der Waals surface area contributed by atoms with Gasteiger partial charge in [0.1, 0.15) is 6.04 Å². The van der Waals surface area contributed by atoms with E-state index in [1.807, 2.05) is 0 Å². The van der Waals surface area contributed by atoms with Gasteiger partial charge in [0.05, 0.1) is 4.90 Å². The molecule has 1 heterocycles. The number of aromatic nitrogens is 1. The van der Waals surface area contributed by atoms with E-state index in [4.69, 9.17) is 5.11 Å². The van der Waals surface area contributed by atoms with Crippen molar-refractivity contribution >= 4 is 26.8 Å². The molecule has 0 radical (unpaired) electrons. The molecular formula is C12H12N2O4S. The standard InChI is InChI=1S/C12H12N2O4S/c1-8(12(15)16)14-19(17,18)11-4-2-3-9-7-13-6-5-10(9)11/h2-8,14H,1H3,(H,15,16)/t8-/m1/s1. The number of sulfonamides is 1. The number of carboxylic acids is 1. The maximum absolute atomic E-state index is 12.2. The molecule has 0 fully saturated rings. The Labute approximate surface area is 110 Å². The quantitative estimate of drug-likeness (QED) is 0.870. The normalized spacial score (nSPS) is 13.3. The highest BCUT2D eigenvalue weighted by atomic mass is 32.2. The van der Waals surface area contributed by atoms with Crippen LogP contribution in [0.25, 0.3) is 10.8 Å². The number of nitrogens with one attached hydrogen (secondary N) is 1. The maximum Gasteiger partial charge on any atom is 0.321 e. The summed E-state index contributed by atoms with van der Waals surface area (Å²) in [5.74, 6) is -1.23. The highest BCUT2D eigenvalue weighted by Crippen LogP contribution is 2.21. The zero-order valence-corrected chi connectivity index (χ0v) is 10.9. The zero-order chi connectivity index (χ0) is 14.0. The first-order valence-corrected chi connectivity index (χ1v) is 6.98. The van der Waals surface area contributed by atoms with Gasteiger partial charge in [-0.05, 0) is 19.1 Å². The Bertz CT molecular complexity index is 722. The maximum atomic E-state index is 12.2. The Balaban J connectivity index is 2.52. The van der Waals surface area contributed by atoms with E-state index in [9.17, 15) is 13.2 Å². The predicted molar refractivity (Wildman–Crippen MR) is 69.2 cm³/mol. The molecule has 1 aromatic heterocycles. The van der Waals surface area contributed by atoms with Crippen molar-refractivity contribution in [3.05, 3.63) is 36.7 Å². The van der Waals surface area contributed by atoms with Crippen LogP contribution in [-0.2, 0) is 14.8 Å². The molecule has 1 aromatic carbocycles. The average molecular weight is 280 g/mol. The van der Waals surface area contributed by atoms with Crippen molar-refractivity contribution in [1.29, 1.82) is 0 Å². The minimum Gasteiger partial charge on any atom is -0.480 e. The molecule has 19 heavy (non-hydrogen) atoms. The Morgan fingerprint density at radius 2 is 2.11 bits per heavy atom. The van der Waals surface area contributed by atoms with Crippen LogP contribution in [0.4, 0.5) is 0 Å². The van der Waals surface area contributed by atoms with E-state index in [1.54, 1.807) is 24.4 Å². The van der Waals surface area contributed by atoms with Gasteiger partial charge in [-0.15, -0.1) is 0 Å². The lowest BCUT2D eigenvalue weighted by molar-refractivity contribution is -0.138. The SMILES string of the molecule is C[C@@H](NS(=O)(=O)c1cccc2cnccc12)C(=O)O. The van der Waals surface area contributed by atoms with Crippen LogP contribution in [0.15, 0.2) is 41.6 Å². The lowest BCUT2D eigenvalue weighted by Crippen LogP contribution is -2.38. The zero-order valence-electron chi connectivity index (χ0n) is 10.1. The molecule has 0 bridgehead atoms. The number of carbonyl (C=O) groups is 1. The molecule has 0 aliphatic carbocycles. The van der Waals surface area contributed by atoms with Crippen molar-refractivity contribution in [1.82, 2.24) is 9.71 Å². The fourth-order valence-corrected chi connectivity index (χ4v) is 3.10. The molecule has 0 aliphatic heterocycles. The van der Waals surface area contributed by atoms with Crippen molar-refractivity contribution in [2.45, 2.75) is 17.9 Å². The smallest absolute Gasteiger partial charge is 0.321 e. The van der Waals surface area contributed by atoms with Crippen molar-refractivity contribution in [3.63, 3.8) is 0 Å². The molecule has 7 heteroatoms. The third-order valence-electron chi connectivity index (χ3n) is 2.63. The monoisotopic (exact) mass is 280 g/mol. The molecular weight excluding hydrogens is 268 g/mol. The number of hydrogen-bond donors (Lipinski definition) is 2. The first-order chi connectivity index (χ1) is 8.92. The first kappa shape index (κ1) is 13.4. The summed E-state index contributed by atoms with van der Waals surface area (Å²) >= 11 is 0. The lowest BCUT2D eigenvalue weighted by Gasteiger charge is -2.11. The molecule has 2 N–H and O–H groups in total.